The second kappa shape index (κ2) is 9.34. The molecule has 0 fully saturated rings. The van der Waals surface area contributed by atoms with Crippen LogP contribution in [0.15, 0.2) is 72.8 Å². The van der Waals surface area contributed by atoms with E-state index in [4.69, 9.17) is 0 Å². The zero-order valence-electron chi connectivity index (χ0n) is 17.9. The number of rotatable bonds is 5. The normalized spacial score (nSPS) is 11.4. The van der Waals surface area contributed by atoms with E-state index in [-0.39, 0.29) is 45.6 Å². The third-order valence-electron chi connectivity index (χ3n) is 5.21. The summed E-state index contributed by atoms with van der Waals surface area (Å²) in [6, 6.07) is 18.2. The highest BCUT2D eigenvalue weighted by atomic mass is 16.3. The van der Waals surface area contributed by atoms with Crippen LogP contribution in [0.1, 0.15) is 22.3 Å². The summed E-state index contributed by atoms with van der Waals surface area (Å²) in [7, 11) is 0. The summed E-state index contributed by atoms with van der Waals surface area (Å²) in [6.07, 6.45) is 6.81. The van der Waals surface area contributed by atoms with Crippen molar-refractivity contribution in [2.45, 2.75) is 0 Å². The fourth-order valence-corrected chi connectivity index (χ4v) is 3.62. The number of hydrogen-bond acceptors (Lipinski definition) is 6. The Morgan fingerprint density at radius 3 is 1.09 bits per heavy atom. The van der Waals surface area contributed by atoms with E-state index in [0.29, 0.717) is 11.1 Å². The van der Waals surface area contributed by atoms with Gasteiger partial charge in [-0.15, -0.1) is 0 Å². The molecule has 4 rings (SSSR count). The van der Waals surface area contributed by atoms with Crippen molar-refractivity contribution < 1.29 is 30.6 Å². The highest BCUT2D eigenvalue weighted by Crippen LogP contribution is 2.45. The van der Waals surface area contributed by atoms with Crippen LogP contribution in [0.4, 0.5) is 0 Å². The van der Waals surface area contributed by atoms with E-state index >= 15 is 0 Å². The Morgan fingerprint density at radius 1 is 0.382 bits per heavy atom. The van der Waals surface area contributed by atoms with Crippen LogP contribution >= 0.6 is 0 Å². The Balaban J connectivity index is 1.85. The van der Waals surface area contributed by atoms with Crippen molar-refractivity contribution in [2.75, 3.05) is 0 Å². The molecule has 0 saturated heterocycles. The Bertz CT molecular complexity index is 1280. The Kier molecular flexibility index (Phi) is 6.14. The van der Waals surface area contributed by atoms with Crippen LogP contribution in [0.2, 0.25) is 0 Å². The van der Waals surface area contributed by atoms with Crippen molar-refractivity contribution in [3.05, 3.63) is 95.1 Å². The van der Waals surface area contributed by atoms with Gasteiger partial charge >= 0.3 is 0 Å². The molecule has 34 heavy (non-hydrogen) atoms. The highest BCUT2D eigenvalue weighted by Gasteiger charge is 2.19. The maximum absolute atomic E-state index is 10.7. The number of aromatic hydroxyl groups is 6. The Hall–Kier alpha value is -4.84. The predicted molar refractivity (Wildman–Crippen MR) is 133 cm³/mol. The zero-order chi connectivity index (χ0) is 24.2. The van der Waals surface area contributed by atoms with E-state index in [9.17, 15) is 30.6 Å². The van der Waals surface area contributed by atoms with Gasteiger partial charge in [0.05, 0.1) is 0 Å². The summed E-state index contributed by atoms with van der Waals surface area (Å²) in [6.45, 7) is 0. The number of benzene rings is 4. The first-order chi connectivity index (χ1) is 16.3. The molecule has 4 aromatic rings. The second-order valence-electron chi connectivity index (χ2n) is 7.71. The lowest BCUT2D eigenvalue weighted by Crippen LogP contribution is -1.90. The minimum Gasteiger partial charge on any atom is -0.508 e. The summed E-state index contributed by atoms with van der Waals surface area (Å²) in [5.41, 5.74) is 2.91. The molecule has 0 atom stereocenters. The van der Waals surface area contributed by atoms with Gasteiger partial charge < -0.3 is 30.6 Å². The monoisotopic (exact) mass is 454 g/mol. The van der Waals surface area contributed by atoms with Crippen LogP contribution in [0, 0.1) is 0 Å². The average Bonchev–Trinajstić information content (AvgIpc) is 2.79. The SMILES string of the molecule is Oc1ccc(C=Cc2cc(O)cc(O)c2-c2c(O)cc(O)cc2C=Cc2ccc(O)cc2)cc1. The fourth-order valence-electron chi connectivity index (χ4n) is 3.62. The smallest absolute Gasteiger partial charge is 0.127 e. The van der Waals surface area contributed by atoms with Crippen molar-refractivity contribution in [3.63, 3.8) is 0 Å². The molecule has 0 aliphatic rings. The van der Waals surface area contributed by atoms with Crippen molar-refractivity contribution in [1.29, 1.82) is 0 Å². The van der Waals surface area contributed by atoms with Crippen LogP contribution in [0.25, 0.3) is 35.4 Å². The molecular weight excluding hydrogens is 432 g/mol. The lowest BCUT2D eigenvalue weighted by atomic mass is 9.92. The van der Waals surface area contributed by atoms with E-state index in [1.54, 1.807) is 72.8 Å². The first-order valence-corrected chi connectivity index (χ1v) is 10.4. The first-order valence-electron chi connectivity index (χ1n) is 10.4. The highest BCUT2D eigenvalue weighted by molar-refractivity contribution is 5.93. The molecule has 0 aliphatic carbocycles. The quantitative estimate of drug-likeness (QED) is 0.208. The molecule has 0 radical (unpaired) electrons. The van der Waals surface area contributed by atoms with Crippen molar-refractivity contribution in [1.82, 2.24) is 0 Å². The average molecular weight is 454 g/mol. The van der Waals surface area contributed by atoms with Gasteiger partial charge in [-0.2, -0.15) is 0 Å². The molecule has 0 aliphatic heterocycles. The van der Waals surface area contributed by atoms with E-state index in [0.717, 1.165) is 11.1 Å². The van der Waals surface area contributed by atoms with Gasteiger partial charge in [0.25, 0.3) is 0 Å². The molecule has 6 N–H and O–H groups in total. The summed E-state index contributed by atoms with van der Waals surface area (Å²) in [5.74, 6) is -0.577. The first kappa shape index (κ1) is 22.4. The molecule has 4 aromatic carbocycles. The maximum atomic E-state index is 10.7. The Labute approximate surface area is 195 Å². The number of phenolic OH excluding ortho intramolecular Hbond substituents is 6. The largest absolute Gasteiger partial charge is 0.508 e. The molecule has 0 unspecified atom stereocenters. The van der Waals surface area contributed by atoms with Crippen molar-refractivity contribution in [2.24, 2.45) is 0 Å². The van der Waals surface area contributed by atoms with Gasteiger partial charge in [-0.3, -0.25) is 0 Å². The molecule has 0 heterocycles. The standard InChI is InChI=1S/C28H22O6/c29-21-9-3-17(4-10-21)1-7-19-13-23(31)15-25(33)27(19)28-20(14-24(32)16-26(28)34)8-2-18-5-11-22(30)12-6-18/h1-16,29-34H. The van der Waals surface area contributed by atoms with Crippen molar-refractivity contribution >= 4 is 24.3 Å². The molecule has 0 spiro atoms. The third kappa shape index (κ3) is 4.97. The maximum Gasteiger partial charge on any atom is 0.127 e. The second-order valence-corrected chi connectivity index (χ2v) is 7.71. The van der Waals surface area contributed by atoms with Crippen LogP contribution in [0.3, 0.4) is 0 Å². The van der Waals surface area contributed by atoms with Gasteiger partial charge in [0.2, 0.25) is 0 Å². The minimum absolute atomic E-state index is 0.131. The van der Waals surface area contributed by atoms with E-state index in [1.807, 2.05) is 0 Å². The zero-order valence-corrected chi connectivity index (χ0v) is 17.9. The number of hydrogen-bond donors (Lipinski definition) is 6. The molecule has 6 heteroatoms. The van der Waals surface area contributed by atoms with Gasteiger partial charge in [0, 0.05) is 23.3 Å². The third-order valence-corrected chi connectivity index (χ3v) is 5.21. The Morgan fingerprint density at radius 2 is 0.735 bits per heavy atom. The van der Waals surface area contributed by atoms with Gasteiger partial charge in [0.15, 0.2) is 0 Å². The van der Waals surface area contributed by atoms with E-state index in [1.165, 1.54) is 24.3 Å². The van der Waals surface area contributed by atoms with Gasteiger partial charge in [-0.1, -0.05) is 48.6 Å². The summed E-state index contributed by atoms with van der Waals surface area (Å²) in [5, 5.41) is 60.6. The van der Waals surface area contributed by atoms with Gasteiger partial charge in [-0.25, -0.2) is 0 Å². The lowest BCUT2D eigenvalue weighted by molar-refractivity contribution is 0.445. The van der Waals surface area contributed by atoms with E-state index in [2.05, 4.69) is 0 Å². The molecule has 0 aromatic heterocycles. The summed E-state index contributed by atoms with van der Waals surface area (Å²) in [4.78, 5) is 0. The summed E-state index contributed by atoms with van der Waals surface area (Å²) >= 11 is 0. The molecule has 6 nitrogen and oxygen atoms in total. The van der Waals surface area contributed by atoms with Crippen LogP contribution in [0.5, 0.6) is 34.5 Å². The summed E-state index contributed by atoms with van der Waals surface area (Å²) < 4.78 is 0. The predicted octanol–water partition coefficient (Wildman–Crippen LogP) is 5.93. The topological polar surface area (TPSA) is 121 Å². The lowest BCUT2D eigenvalue weighted by Gasteiger charge is -2.15. The minimum atomic E-state index is -0.259. The van der Waals surface area contributed by atoms with Crippen molar-refractivity contribution in [3.8, 4) is 45.6 Å². The molecular formula is C28H22O6. The van der Waals surface area contributed by atoms with E-state index < -0.39 is 0 Å². The van der Waals surface area contributed by atoms with Gasteiger partial charge in [-0.05, 0) is 58.7 Å². The number of phenols is 6. The van der Waals surface area contributed by atoms with Crippen LogP contribution in [-0.2, 0) is 0 Å². The van der Waals surface area contributed by atoms with Crippen LogP contribution in [-0.4, -0.2) is 30.6 Å². The fraction of sp³-hybridized carbons (Fsp3) is 0. The molecule has 0 amide bonds. The van der Waals surface area contributed by atoms with Crippen LogP contribution < -0.4 is 0 Å². The van der Waals surface area contributed by atoms with Gasteiger partial charge in [0.1, 0.15) is 34.5 Å². The molecule has 0 saturated carbocycles. The molecule has 170 valence electrons. The molecule has 0 bridgehead atoms.